The number of Topliss-reactive ketones (excluding diaryl/α,β-unsaturated/α-hetero) is 1. The molecule has 1 heterocycles. The number of aryl methyl sites for hydroxylation is 1. The number of carbonyl (C=O) groups excluding carboxylic acids is 1. The Labute approximate surface area is 107 Å². The van der Waals surface area contributed by atoms with E-state index in [-0.39, 0.29) is 5.78 Å². The predicted molar refractivity (Wildman–Crippen MR) is 68.7 cm³/mol. The van der Waals surface area contributed by atoms with Gasteiger partial charge in [-0.3, -0.25) is 9.48 Å². The summed E-state index contributed by atoms with van der Waals surface area (Å²) in [5.74, 6) is 0.653. The number of rotatable bonds is 5. The van der Waals surface area contributed by atoms with Crippen molar-refractivity contribution in [1.82, 2.24) is 9.78 Å². The molecule has 100 valence electrons. The second kappa shape index (κ2) is 5.10. The predicted octanol–water partition coefficient (Wildman–Crippen LogP) is 1.61. The van der Waals surface area contributed by atoms with Crippen LogP contribution in [0.15, 0.2) is 6.20 Å². The van der Waals surface area contributed by atoms with E-state index < -0.39 is 5.41 Å². The standard InChI is InChI=1S/C13H21N3O2/c1-3-16-11(10(18-2)8-15-16)12(17)13(9-14)6-4-5-7-13/h8H,3-7,9,14H2,1-2H3. The first-order valence-electron chi connectivity index (χ1n) is 6.53. The third-order valence-electron chi connectivity index (χ3n) is 3.97. The van der Waals surface area contributed by atoms with Gasteiger partial charge in [0.1, 0.15) is 5.69 Å². The average molecular weight is 251 g/mol. The maximum absolute atomic E-state index is 12.8. The molecule has 2 N–H and O–H groups in total. The second-order valence-electron chi connectivity index (χ2n) is 4.90. The van der Waals surface area contributed by atoms with Crippen LogP contribution < -0.4 is 10.5 Å². The van der Waals surface area contributed by atoms with Crippen molar-refractivity contribution >= 4 is 5.78 Å². The Morgan fingerprint density at radius 3 is 2.72 bits per heavy atom. The Hall–Kier alpha value is -1.36. The SMILES string of the molecule is CCn1ncc(OC)c1C(=O)C1(CN)CCCC1. The smallest absolute Gasteiger partial charge is 0.192 e. The van der Waals surface area contributed by atoms with E-state index in [0.717, 1.165) is 25.7 Å². The molecule has 18 heavy (non-hydrogen) atoms. The molecule has 1 aromatic heterocycles. The van der Waals surface area contributed by atoms with Gasteiger partial charge in [-0.25, -0.2) is 0 Å². The van der Waals surface area contributed by atoms with Gasteiger partial charge in [0.2, 0.25) is 0 Å². The number of nitrogens with zero attached hydrogens (tertiary/aromatic N) is 2. The van der Waals surface area contributed by atoms with Crippen molar-refractivity contribution in [2.75, 3.05) is 13.7 Å². The van der Waals surface area contributed by atoms with Crippen molar-refractivity contribution in [2.24, 2.45) is 11.1 Å². The molecule has 0 unspecified atom stereocenters. The Morgan fingerprint density at radius 2 is 2.22 bits per heavy atom. The van der Waals surface area contributed by atoms with E-state index in [1.165, 1.54) is 0 Å². The van der Waals surface area contributed by atoms with E-state index in [9.17, 15) is 4.79 Å². The number of methoxy groups -OCH3 is 1. The van der Waals surface area contributed by atoms with Crippen LogP contribution in [-0.4, -0.2) is 29.2 Å². The molecule has 1 aliphatic rings. The fourth-order valence-electron chi connectivity index (χ4n) is 2.81. The van der Waals surface area contributed by atoms with Crippen molar-refractivity contribution in [3.8, 4) is 5.75 Å². The van der Waals surface area contributed by atoms with Crippen molar-refractivity contribution in [2.45, 2.75) is 39.2 Å². The quantitative estimate of drug-likeness (QED) is 0.807. The van der Waals surface area contributed by atoms with Crippen molar-refractivity contribution in [3.05, 3.63) is 11.9 Å². The van der Waals surface area contributed by atoms with Crippen LogP contribution in [0.3, 0.4) is 0 Å². The van der Waals surface area contributed by atoms with Crippen molar-refractivity contribution in [1.29, 1.82) is 0 Å². The monoisotopic (exact) mass is 251 g/mol. The fraction of sp³-hybridized carbons (Fsp3) is 0.692. The first-order chi connectivity index (χ1) is 8.68. The Kier molecular flexibility index (Phi) is 3.71. The van der Waals surface area contributed by atoms with Crippen LogP contribution in [0, 0.1) is 5.41 Å². The lowest BCUT2D eigenvalue weighted by molar-refractivity contribution is 0.0794. The minimum atomic E-state index is -0.403. The first kappa shape index (κ1) is 13.1. The summed E-state index contributed by atoms with van der Waals surface area (Å²) in [6, 6.07) is 0. The summed E-state index contributed by atoms with van der Waals surface area (Å²) < 4.78 is 6.96. The average Bonchev–Trinajstić information content (AvgIpc) is 3.04. The largest absolute Gasteiger partial charge is 0.493 e. The zero-order chi connectivity index (χ0) is 13.2. The zero-order valence-corrected chi connectivity index (χ0v) is 11.1. The molecular formula is C13H21N3O2. The molecule has 0 aliphatic heterocycles. The summed E-state index contributed by atoms with van der Waals surface area (Å²) in [6.45, 7) is 3.03. The highest BCUT2D eigenvalue weighted by Gasteiger charge is 2.42. The number of ketones is 1. The number of aromatic nitrogens is 2. The van der Waals surface area contributed by atoms with Gasteiger partial charge in [-0.05, 0) is 19.8 Å². The highest BCUT2D eigenvalue weighted by atomic mass is 16.5. The zero-order valence-electron chi connectivity index (χ0n) is 11.1. The molecule has 1 saturated carbocycles. The lowest BCUT2D eigenvalue weighted by Gasteiger charge is -2.25. The first-order valence-corrected chi connectivity index (χ1v) is 6.53. The lowest BCUT2D eigenvalue weighted by atomic mass is 9.80. The summed E-state index contributed by atoms with van der Waals surface area (Å²) in [7, 11) is 1.57. The summed E-state index contributed by atoms with van der Waals surface area (Å²) in [6.07, 6.45) is 5.51. The van der Waals surface area contributed by atoms with Crippen LogP contribution >= 0.6 is 0 Å². The molecule has 0 atom stereocenters. The van der Waals surface area contributed by atoms with Crippen LogP contribution in [0.5, 0.6) is 5.75 Å². The molecule has 0 bridgehead atoms. The highest BCUT2D eigenvalue weighted by Crippen LogP contribution is 2.41. The van der Waals surface area contributed by atoms with Gasteiger partial charge in [0.05, 0.1) is 13.3 Å². The van der Waals surface area contributed by atoms with Gasteiger partial charge in [-0.1, -0.05) is 12.8 Å². The lowest BCUT2D eigenvalue weighted by Crippen LogP contribution is -2.37. The molecule has 5 nitrogen and oxygen atoms in total. The van der Waals surface area contributed by atoms with Crippen LogP contribution in [0.1, 0.15) is 43.1 Å². The highest BCUT2D eigenvalue weighted by molar-refractivity contribution is 6.01. The maximum atomic E-state index is 12.8. The summed E-state index contributed by atoms with van der Waals surface area (Å²) in [5, 5.41) is 4.19. The molecule has 5 heteroatoms. The minimum Gasteiger partial charge on any atom is -0.493 e. The van der Waals surface area contributed by atoms with Crippen LogP contribution in [0.2, 0.25) is 0 Å². The molecule has 1 aromatic rings. The van der Waals surface area contributed by atoms with Crippen molar-refractivity contribution in [3.63, 3.8) is 0 Å². The van der Waals surface area contributed by atoms with Crippen LogP contribution in [0.25, 0.3) is 0 Å². The Bertz CT molecular complexity index is 412. The van der Waals surface area contributed by atoms with Gasteiger partial charge in [0.25, 0.3) is 0 Å². The third kappa shape index (κ3) is 1.92. The number of ether oxygens (including phenoxy) is 1. The normalized spacial score (nSPS) is 17.9. The molecule has 1 fully saturated rings. The molecule has 0 saturated heterocycles. The van der Waals surface area contributed by atoms with E-state index in [2.05, 4.69) is 5.10 Å². The molecule has 0 amide bonds. The molecule has 0 aromatic carbocycles. The van der Waals surface area contributed by atoms with E-state index in [4.69, 9.17) is 10.5 Å². The molecule has 1 aliphatic carbocycles. The third-order valence-corrected chi connectivity index (χ3v) is 3.97. The van der Waals surface area contributed by atoms with E-state index in [0.29, 0.717) is 24.5 Å². The number of carbonyl (C=O) groups is 1. The van der Waals surface area contributed by atoms with Gasteiger partial charge in [-0.2, -0.15) is 5.10 Å². The van der Waals surface area contributed by atoms with Gasteiger partial charge in [-0.15, -0.1) is 0 Å². The number of hydrogen-bond donors (Lipinski definition) is 1. The minimum absolute atomic E-state index is 0.0960. The van der Waals surface area contributed by atoms with Gasteiger partial charge < -0.3 is 10.5 Å². The van der Waals surface area contributed by atoms with Gasteiger partial charge in [0, 0.05) is 18.5 Å². The van der Waals surface area contributed by atoms with E-state index >= 15 is 0 Å². The summed E-state index contributed by atoms with van der Waals surface area (Å²) in [4.78, 5) is 12.8. The Balaban J connectivity index is 2.41. The number of nitrogens with two attached hydrogens (primary N) is 1. The molecule has 2 rings (SSSR count). The van der Waals surface area contributed by atoms with Gasteiger partial charge in [0.15, 0.2) is 11.5 Å². The van der Waals surface area contributed by atoms with Crippen molar-refractivity contribution < 1.29 is 9.53 Å². The number of hydrogen-bond acceptors (Lipinski definition) is 4. The van der Waals surface area contributed by atoms with E-state index in [1.54, 1.807) is 18.0 Å². The molecule has 0 radical (unpaired) electrons. The van der Waals surface area contributed by atoms with Gasteiger partial charge >= 0.3 is 0 Å². The fourth-order valence-corrected chi connectivity index (χ4v) is 2.81. The summed E-state index contributed by atoms with van der Waals surface area (Å²) in [5.41, 5.74) is 6.04. The Morgan fingerprint density at radius 1 is 1.56 bits per heavy atom. The van der Waals surface area contributed by atoms with Crippen LogP contribution in [-0.2, 0) is 6.54 Å². The van der Waals surface area contributed by atoms with E-state index in [1.807, 2.05) is 6.92 Å². The maximum Gasteiger partial charge on any atom is 0.192 e. The topological polar surface area (TPSA) is 70.1 Å². The summed E-state index contributed by atoms with van der Waals surface area (Å²) >= 11 is 0. The second-order valence-corrected chi connectivity index (χ2v) is 4.90. The molecule has 0 spiro atoms. The van der Waals surface area contributed by atoms with Crippen LogP contribution in [0.4, 0.5) is 0 Å². The molecular weight excluding hydrogens is 230 g/mol.